The number of aromatic nitrogens is 3. The van der Waals surface area contributed by atoms with Crippen LogP contribution in [0, 0.1) is 11.3 Å². The fourth-order valence-corrected chi connectivity index (χ4v) is 5.72. The van der Waals surface area contributed by atoms with Gasteiger partial charge in [0, 0.05) is 18.7 Å². The van der Waals surface area contributed by atoms with E-state index < -0.39 is 10.0 Å². The summed E-state index contributed by atoms with van der Waals surface area (Å²) in [5.41, 5.74) is 1.21. The molecule has 11 heteroatoms. The van der Waals surface area contributed by atoms with Gasteiger partial charge in [0.25, 0.3) is 0 Å². The van der Waals surface area contributed by atoms with Crippen molar-refractivity contribution in [3.8, 4) is 23.1 Å². The minimum atomic E-state index is -3.67. The smallest absolute Gasteiger partial charge is 0.243 e. The maximum absolute atomic E-state index is 13.1. The quantitative estimate of drug-likeness (QED) is 0.487. The van der Waals surface area contributed by atoms with Gasteiger partial charge in [-0.2, -0.15) is 9.57 Å². The van der Waals surface area contributed by atoms with Crippen LogP contribution in [-0.4, -0.2) is 59.0 Å². The van der Waals surface area contributed by atoms with Crippen molar-refractivity contribution in [3.63, 3.8) is 0 Å². The van der Waals surface area contributed by atoms with Crippen molar-refractivity contribution in [2.24, 2.45) is 0 Å². The van der Waals surface area contributed by atoms with Crippen LogP contribution in [0.5, 0.6) is 0 Å². The minimum absolute atomic E-state index is 0.171. The highest BCUT2D eigenvalue weighted by Crippen LogP contribution is 2.33. The Labute approximate surface area is 195 Å². The predicted molar refractivity (Wildman–Crippen MR) is 122 cm³/mol. The van der Waals surface area contributed by atoms with Crippen LogP contribution < -0.4 is 0 Å². The van der Waals surface area contributed by atoms with Gasteiger partial charge in [0.15, 0.2) is 11.0 Å². The Hall–Kier alpha value is -2.42. The van der Waals surface area contributed by atoms with Crippen LogP contribution in [0.15, 0.2) is 58.6 Å². The maximum Gasteiger partial charge on any atom is 0.243 e. The molecule has 0 spiro atoms. The van der Waals surface area contributed by atoms with Crippen molar-refractivity contribution >= 4 is 33.4 Å². The number of thioether (sulfide) groups is 1. The molecular formula is C21H20ClN5O3S2. The molecule has 4 rings (SSSR count). The Balaban J connectivity index is 1.82. The van der Waals surface area contributed by atoms with Gasteiger partial charge < -0.3 is 4.74 Å². The molecule has 2 heterocycles. The summed E-state index contributed by atoms with van der Waals surface area (Å²) in [5.74, 6) is 0.435. The van der Waals surface area contributed by atoms with E-state index in [-0.39, 0.29) is 10.1 Å². The standard InChI is InChI=1S/C21H20ClN5O3S2/c1-15(14-23)31-21-25-24-20(27(21)19-8-3-2-7-18(19)22)16-5-4-6-17(13-16)32(28,29)26-9-11-30-12-10-26/h2-8,13,15H,9-12H2,1H3. The van der Waals surface area contributed by atoms with Crippen LogP contribution in [0.3, 0.4) is 0 Å². The van der Waals surface area contributed by atoms with Gasteiger partial charge in [0.05, 0.1) is 40.1 Å². The molecule has 0 N–H and O–H groups in total. The summed E-state index contributed by atoms with van der Waals surface area (Å²) in [5, 5.41) is 18.5. The van der Waals surface area contributed by atoms with Gasteiger partial charge in [-0.25, -0.2) is 8.42 Å². The number of halogens is 1. The first-order valence-electron chi connectivity index (χ1n) is 9.87. The van der Waals surface area contributed by atoms with Crippen LogP contribution in [0.1, 0.15) is 6.92 Å². The van der Waals surface area contributed by atoms with E-state index >= 15 is 0 Å². The summed E-state index contributed by atoms with van der Waals surface area (Å²) in [6.45, 7) is 3.14. The summed E-state index contributed by atoms with van der Waals surface area (Å²) in [4.78, 5) is 0.171. The van der Waals surface area contributed by atoms with Gasteiger partial charge in [-0.05, 0) is 31.2 Å². The highest BCUT2D eigenvalue weighted by Gasteiger charge is 2.27. The number of hydrogen-bond acceptors (Lipinski definition) is 7. The van der Waals surface area contributed by atoms with E-state index in [4.69, 9.17) is 16.3 Å². The van der Waals surface area contributed by atoms with Crippen LogP contribution >= 0.6 is 23.4 Å². The number of para-hydroxylation sites is 1. The summed E-state index contributed by atoms with van der Waals surface area (Å²) in [6, 6.07) is 16.0. The maximum atomic E-state index is 13.1. The van der Waals surface area contributed by atoms with Crippen molar-refractivity contribution in [2.45, 2.75) is 22.2 Å². The second-order valence-electron chi connectivity index (χ2n) is 7.03. The molecule has 0 saturated carbocycles. The molecule has 0 bridgehead atoms. The fraction of sp³-hybridized carbons (Fsp3) is 0.286. The number of rotatable bonds is 6. The molecule has 1 fully saturated rings. The lowest BCUT2D eigenvalue weighted by molar-refractivity contribution is 0.0730. The van der Waals surface area contributed by atoms with E-state index in [2.05, 4.69) is 16.3 Å². The van der Waals surface area contributed by atoms with Gasteiger partial charge in [-0.1, -0.05) is 47.6 Å². The van der Waals surface area contributed by atoms with E-state index in [0.717, 1.165) is 0 Å². The Morgan fingerprint density at radius 1 is 1.16 bits per heavy atom. The van der Waals surface area contributed by atoms with E-state index in [1.165, 1.54) is 16.1 Å². The molecule has 2 aromatic carbocycles. The minimum Gasteiger partial charge on any atom is -0.379 e. The summed E-state index contributed by atoms with van der Waals surface area (Å²) in [7, 11) is -3.67. The molecule has 3 aromatic rings. The molecule has 8 nitrogen and oxygen atoms in total. The Bertz CT molecular complexity index is 1270. The second-order valence-corrected chi connectivity index (χ2v) is 10.7. The topological polar surface area (TPSA) is 101 Å². The average molecular weight is 490 g/mol. The summed E-state index contributed by atoms with van der Waals surface area (Å²) in [6.07, 6.45) is 0. The van der Waals surface area contributed by atoms with E-state index in [0.29, 0.717) is 53.6 Å². The predicted octanol–water partition coefficient (Wildman–Crippen LogP) is 3.61. The van der Waals surface area contributed by atoms with Gasteiger partial charge >= 0.3 is 0 Å². The first kappa shape index (κ1) is 22.8. The summed E-state index contributed by atoms with van der Waals surface area (Å²) < 4.78 is 34.7. The first-order chi connectivity index (χ1) is 15.4. The molecule has 1 saturated heterocycles. The fourth-order valence-electron chi connectivity index (χ4n) is 3.30. The van der Waals surface area contributed by atoms with Crippen LogP contribution in [0.4, 0.5) is 0 Å². The third-order valence-electron chi connectivity index (χ3n) is 4.89. The SMILES string of the molecule is CC(C#N)Sc1nnc(-c2cccc(S(=O)(=O)N3CCOCC3)c2)n1-c1ccccc1Cl. The Morgan fingerprint density at radius 2 is 1.91 bits per heavy atom. The molecule has 1 aliphatic rings. The van der Waals surface area contributed by atoms with E-state index in [9.17, 15) is 13.7 Å². The molecule has 1 unspecified atom stereocenters. The molecule has 0 aliphatic carbocycles. The van der Waals surface area contributed by atoms with E-state index in [1.54, 1.807) is 41.8 Å². The van der Waals surface area contributed by atoms with Gasteiger partial charge in [0.2, 0.25) is 10.0 Å². The zero-order chi connectivity index (χ0) is 22.7. The number of sulfonamides is 1. The van der Waals surface area contributed by atoms with Crippen molar-refractivity contribution in [1.82, 2.24) is 19.1 Å². The number of hydrogen-bond donors (Lipinski definition) is 0. The molecule has 1 aliphatic heterocycles. The second kappa shape index (κ2) is 9.60. The summed E-state index contributed by atoms with van der Waals surface area (Å²) >= 11 is 7.71. The van der Waals surface area contributed by atoms with Gasteiger partial charge in [0.1, 0.15) is 0 Å². The van der Waals surface area contributed by atoms with Crippen molar-refractivity contribution < 1.29 is 13.2 Å². The number of ether oxygens (including phenoxy) is 1. The highest BCUT2D eigenvalue weighted by molar-refractivity contribution is 8.00. The van der Waals surface area contributed by atoms with Gasteiger partial charge in [-0.3, -0.25) is 4.57 Å². The average Bonchev–Trinajstić information content (AvgIpc) is 3.23. The number of benzene rings is 2. The monoisotopic (exact) mass is 489 g/mol. The molecule has 32 heavy (non-hydrogen) atoms. The van der Waals surface area contributed by atoms with Crippen LogP contribution in [-0.2, 0) is 14.8 Å². The molecule has 166 valence electrons. The number of morpholine rings is 1. The molecule has 0 amide bonds. The lowest BCUT2D eigenvalue weighted by atomic mass is 10.2. The lowest BCUT2D eigenvalue weighted by Gasteiger charge is -2.26. The largest absolute Gasteiger partial charge is 0.379 e. The molecule has 1 atom stereocenters. The zero-order valence-electron chi connectivity index (χ0n) is 17.2. The Morgan fingerprint density at radius 3 is 2.62 bits per heavy atom. The van der Waals surface area contributed by atoms with Crippen LogP contribution in [0.2, 0.25) is 5.02 Å². The molecule has 0 radical (unpaired) electrons. The third kappa shape index (κ3) is 4.53. The number of nitriles is 1. The van der Waals surface area contributed by atoms with Crippen molar-refractivity contribution in [1.29, 1.82) is 5.26 Å². The van der Waals surface area contributed by atoms with Crippen molar-refractivity contribution in [3.05, 3.63) is 53.6 Å². The molecule has 1 aromatic heterocycles. The van der Waals surface area contributed by atoms with Crippen LogP contribution in [0.25, 0.3) is 17.1 Å². The Kier molecular flexibility index (Phi) is 6.83. The highest BCUT2D eigenvalue weighted by atomic mass is 35.5. The third-order valence-corrected chi connectivity index (χ3v) is 8.04. The first-order valence-corrected chi connectivity index (χ1v) is 12.6. The zero-order valence-corrected chi connectivity index (χ0v) is 19.6. The number of nitrogens with zero attached hydrogens (tertiary/aromatic N) is 5. The van der Waals surface area contributed by atoms with Gasteiger partial charge in [-0.15, -0.1) is 10.2 Å². The molecular weight excluding hydrogens is 470 g/mol. The lowest BCUT2D eigenvalue weighted by Crippen LogP contribution is -2.40. The normalized spacial score (nSPS) is 15.9. The van der Waals surface area contributed by atoms with E-state index in [1.807, 2.05) is 18.2 Å². The van der Waals surface area contributed by atoms with Crippen molar-refractivity contribution in [2.75, 3.05) is 26.3 Å².